The fourth-order valence-corrected chi connectivity index (χ4v) is 0.947. The van der Waals surface area contributed by atoms with E-state index in [9.17, 15) is 4.39 Å². The van der Waals surface area contributed by atoms with Crippen molar-refractivity contribution in [3.63, 3.8) is 0 Å². The molecule has 1 aromatic carbocycles. The second kappa shape index (κ2) is 3.96. The first-order valence-corrected chi connectivity index (χ1v) is 3.69. The van der Waals surface area contributed by atoms with Crippen LogP contribution in [0.3, 0.4) is 0 Å². The third-order valence-corrected chi connectivity index (χ3v) is 1.44. The van der Waals surface area contributed by atoms with Gasteiger partial charge in [-0.25, -0.2) is 4.39 Å². The number of rotatable bonds is 3. The lowest BCUT2D eigenvalue weighted by molar-refractivity contribution is 0.513. The zero-order valence-electron chi connectivity index (χ0n) is 6.60. The van der Waals surface area contributed by atoms with Gasteiger partial charge in [0.05, 0.1) is 0 Å². The summed E-state index contributed by atoms with van der Waals surface area (Å²) in [5, 5.41) is 2.96. The lowest BCUT2D eigenvalue weighted by atomic mass is 10.2. The first-order valence-electron chi connectivity index (χ1n) is 3.69. The lowest BCUT2D eigenvalue weighted by Crippen LogP contribution is -2.02. The molecule has 1 N–H and O–H groups in total. The standard InChI is InChI=1S/C9H12FN/c1-8-3-2-4-9(7-8)11-6-5-10/h2-4,7,11H,5-6H2,1H3. The molecule has 0 spiro atoms. The average molecular weight is 153 g/mol. The monoisotopic (exact) mass is 153 g/mol. The van der Waals surface area contributed by atoms with Gasteiger partial charge in [-0.3, -0.25) is 0 Å². The van der Waals surface area contributed by atoms with E-state index in [1.807, 2.05) is 31.2 Å². The van der Waals surface area contributed by atoms with Gasteiger partial charge in [0.15, 0.2) is 0 Å². The smallest absolute Gasteiger partial charge is 0.107 e. The van der Waals surface area contributed by atoms with E-state index in [1.165, 1.54) is 5.56 Å². The highest BCUT2D eigenvalue weighted by molar-refractivity contribution is 5.45. The van der Waals surface area contributed by atoms with Gasteiger partial charge in [-0.05, 0) is 24.6 Å². The van der Waals surface area contributed by atoms with E-state index in [0.29, 0.717) is 6.54 Å². The molecule has 0 atom stereocenters. The van der Waals surface area contributed by atoms with Crippen LogP contribution in [0.2, 0.25) is 0 Å². The fraction of sp³-hybridized carbons (Fsp3) is 0.333. The van der Waals surface area contributed by atoms with Gasteiger partial charge >= 0.3 is 0 Å². The van der Waals surface area contributed by atoms with E-state index < -0.39 is 0 Å². The Hall–Kier alpha value is -1.05. The van der Waals surface area contributed by atoms with Crippen LogP contribution in [0.25, 0.3) is 0 Å². The Labute approximate surface area is 66.2 Å². The third kappa shape index (κ3) is 2.58. The molecule has 0 heterocycles. The average Bonchev–Trinajstić information content (AvgIpc) is 2.01. The van der Waals surface area contributed by atoms with Crippen molar-refractivity contribution < 1.29 is 4.39 Å². The molecular weight excluding hydrogens is 141 g/mol. The van der Waals surface area contributed by atoms with E-state index in [1.54, 1.807) is 0 Å². The summed E-state index contributed by atoms with van der Waals surface area (Å²) >= 11 is 0. The molecule has 11 heavy (non-hydrogen) atoms. The molecule has 2 heteroatoms. The molecule has 0 aliphatic rings. The predicted octanol–water partition coefficient (Wildman–Crippen LogP) is 2.38. The van der Waals surface area contributed by atoms with Crippen LogP contribution < -0.4 is 5.32 Å². The van der Waals surface area contributed by atoms with E-state index in [4.69, 9.17) is 0 Å². The topological polar surface area (TPSA) is 12.0 Å². The maximum absolute atomic E-state index is 11.7. The zero-order valence-corrected chi connectivity index (χ0v) is 6.60. The molecule has 0 aliphatic carbocycles. The van der Waals surface area contributed by atoms with Crippen molar-refractivity contribution in [2.24, 2.45) is 0 Å². The Morgan fingerprint density at radius 1 is 1.45 bits per heavy atom. The van der Waals surface area contributed by atoms with Crippen molar-refractivity contribution in [1.82, 2.24) is 0 Å². The lowest BCUT2D eigenvalue weighted by Gasteiger charge is -2.03. The Bertz CT molecular complexity index is 223. The molecule has 0 amide bonds. The Kier molecular flexibility index (Phi) is 2.90. The summed E-state index contributed by atoms with van der Waals surface area (Å²) in [5.74, 6) is 0. The largest absolute Gasteiger partial charge is 0.382 e. The number of nitrogens with one attached hydrogen (secondary N) is 1. The summed E-state index contributed by atoms with van der Waals surface area (Å²) < 4.78 is 11.7. The van der Waals surface area contributed by atoms with Gasteiger partial charge in [-0.15, -0.1) is 0 Å². The quantitative estimate of drug-likeness (QED) is 0.703. The Morgan fingerprint density at radius 3 is 2.91 bits per heavy atom. The summed E-state index contributed by atoms with van der Waals surface area (Å²) in [6, 6.07) is 7.90. The van der Waals surface area contributed by atoms with Crippen molar-refractivity contribution >= 4 is 5.69 Å². The highest BCUT2D eigenvalue weighted by Crippen LogP contribution is 2.08. The van der Waals surface area contributed by atoms with Gasteiger partial charge in [-0.1, -0.05) is 12.1 Å². The fourth-order valence-electron chi connectivity index (χ4n) is 0.947. The minimum atomic E-state index is -0.325. The van der Waals surface area contributed by atoms with Crippen LogP contribution in [0.4, 0.5) is 10.1 Å². The second-order valence-corrected chi connectivity index (χ2v) is 2.49. The van der Waals surface area contributed by atoms with Crippen LogP contribution in [0, 0.1) is 6.92 Å². The van der Waals surface area contributed by atoms with Crippen molar-refractivity contribution in [1.29, 1.82) is 0 Å². The summed E-state index contributed by atoms with van der Waals surface area (Å²) in [6.07, 6.45) is 0. The molecular formula is C9H12FN. The van der Waals surface area contributed by atoms with Crippen LogP contribution in [0.15, 0.2) is 24.3 Å². The third-order valence-electron chi connectivity index (χ3n) is 1.44. The molecule has 0 fully saturated rings. The number of aryl methyl sites for hydroxylation is 1. The molecule has 0 unspecified atom stereocenters. The van der Waals surface area contributed by atoms with Gasteiger partial charge in [-0.2, -0.15) is 0 Å². The number of anilines is 1. The van der Waals surface area contributed by atoms with Crippen LogP contribution in [-0.4, -0.2) is 13.2 Å². The van der Waals surface area contributed by atoms with Crippen LogP contribution in [-0.2, 0) is 0 Å². The normalized spacial score (nSPS) is 9.64. The highest BCUT2D eigenvalue weighted by Gasteiger charge is 1.89. The highest BCUT2D eigenvalue weighted by atomic mass is 19.1. The first-order chi connectivity index (χ1) is 5.33. The van der Waals surface area contributed by atoms with E-state index in [-0.39, 0.29) is 6.67 Å². The van der Waals surface area contributed by atoms with Gasteiger partial charge < -0.3 is 5.32 Å². The summed E-state index contributed by atoms with van der Waals surface area (Å²) in [7, 11) is 0. The molecule has 1 rings (SSSR count). The number of alkyl halides is 1. The first kappa shape index (κ1) is 8.05. The molecule has 1 nitrogen and oxygen atoms in total. The van der Waals surface area contributed by atoms with Crippen molar-refractivity contribution in [3.05, 3.63) is 29.8 Å². The number of halogens is 1. The van der Waals surface area contributed by atoms with Gasteiger partial charge in [0.1, 0.15) is 6.67 Å². The van der Waals surface area contributed by atoms with E-state index in [0.717, 1.165) is 5.69 Å². The maximum Gasteiger partial charge on any atom is 0.107 e. The maximum atomic E-state index is 11.7. The van der Waals surface area contributed by atoms with Crippen molar-refractivity contribution in [2.45, 2.75) is 6.92 Å². The SMILES string of the molecule is Cc1cccc(NCCF)c1. The molecule has 0 aliphatic heterocycles. The molecule has 0 saturated carbocycles. The van der Waals surface area contributed by atoms with Gasteiger partial charge in [0.25, 0.3) is 0 Å². The number of hydrogen-bond donors (Lipinski definition) is 1. The van der Waals surface area contributed by atoms with Crippen molar-refractivity contribution in [3.8, 4) is 0 Å². The molecule has 0 aromatic heterocycles. The molecule has 0 saturated heterocycles. The van der Waals surface area contributed by atoms with Crippen molar-refractivity contribution in [2.75, 3.05) is 18.5 Å². The summed E-state index contributed by atoms with van der Waals surface area (Å²) in [6.45, 7) is 2.08. The molecule has 0 bridgehead atoms. The summed E-state index contributed by atoms with van der Waals surface area (Å²) in [5.41, 5.74) is 2.18. The van der Waals surface area contributed by atoms with Crippen LogP contribution >= 0.6 is 0 Å². The second-order valence-electron chi connectivity index (χ2n) is 2.49. The van der Waals surface area contributed by atoms with E-state index in [2.05, 4.69) is 5.32 Å². The van der Waals surface area contributed by atoms with Gasteiger partial charge in [0.2, 0.25) is 0 Å². The van der Waals surface area contributed by atoms with Gasteiger partial charge in [0, 0.05) is 12.2 Å². The Balaban J connectivity index is 2.56. The van der Waals surface area contributed by atoms with Crippen LogP contribution in [0.1, 0.15) is 5.56 Å². The molecule has 0 radical (unpaired) electrons. The predicted molar refractivity (Wildman–Crippen MR) is 45.6 cm³/mol. The number of benzene rings is 1. The van der Waals surface area contributed by atoms with E-state index >= 15 is 0 Å². The number of hydrogen-bond acceptors (Lipinski definition) is 1. The molecule has 1 aromatic rings. The zero-order chi connectivity index (χ0) is 8.10. The van der Waals surface area contributed by atoms with Crippen LogP contribution in [0.5, 0.6) is 0 Å². The minimum absolute atomic E-state index is 0.325. The molecule has 60 valence electrons. The summed E-state index contributed by atoms with van der Waals surface area (Å²) in [4.78, 5) is 0. The minimum Gasteiger partial charge on any atom is -0.382 e. The Morgan fingerprint density at radius 2 is 2.27 bits per heavy atom.